The number of benzene rings is 1. The summed E-state index contributed by atoms with van der Waals surface area (Å²) in [5.74, 6) is 0. The number of nitrogens with zero attached hydrogens (tertiary/aromatic N) is 1. The van der Waals surface area contributed by atoms with Crippen LogP contribution in [0.4, 0.5) is 0 Å². The first-order valence-corrected chi connectivity index (χ1v) is 7.31. The third-order valence-electron chi connectivity index (χ3n) is 4.04. The van der Waals surface area contributed by atoms with Gasteiger partial charge >= 0.3 is 0 Å². The van der Waals surface area contributed by atoms with Gasteiger partial charge in [-0.2, -0.15) is 0 Å². The number of fused-ring (bicyclic) bond motifs is 1. The lowest BCUT2D eigenvalue weighted by atomic mass is 10.1. The van der Waals surface area contributed by atoms with Crippen LogP contribution in [0.5, 0.6) is 0 Å². The summed E-state index contributed by atoms with van der Waals surface area (Å²) < 4.78 is 2.55. The highest BCUT2D eigenvalue weighted by Crippen LogP contribution is 2.31. The van der Waals surface area contributed by atoms with Crippen LogP contribution in [0, 0.1) is 0 Å². The Labute approximate surface area is 115 Å². The molecule has 0 saturated carbocycles. The van der Waals surface area contributed by atoms with E-state index >= 15 is 0 Å². The molecule has 100 valence electrons. The van der Waals surface area contributed by atoms with Gasteiger partial charge in [0.2, 0.25) is 0 Å². The molecule has 1 aromatic carbocycles. The summed E-state index contributed by atoms with van der Waals surface area (Å²) in [5.41, 5.74) is 5.90. The van der Waals surface area contributed by atoms with Crippen LogP contribution in [-0.2, 0) is 19.4 Å². The van der Waals surface area contributed by atoms with E-state index in [-0.39, 0.29) is 0 Å². The number of hydrogen-bond donors (Lipinski definition) is 1. The number of rotatable bonds is 5. The Morgan fingerprint density at radius 3 is 2.79 bits per heavy atom. The van der Waals surface area contributed by atoms with Crippen LogP contribution in [0.1, 0.15) is 24.1 Å². The molecule has 0 amide bonds. The molecule has 0 atom stereocenters. The van der Waals surface area contributed by atoms with Gasteiger partial charge in [-0.25, -0.2) is 0 Å². The number of hydrogen-bond acceptors (Lipinski definition) is 1. The van der Waals surface area contributed by atoms with Crippen molar-refractivity contribution in [3.63, 3.8) is 0 Å². The lowest BCUT2D eigenvalue weighted by Crippen LogP contribution is -2.12. The van der Waals surface area contributed by atoms with Crippen molar-refractivity contribution in [3.8, 4) is 11.3 Å². The second-order valence-electron chi connectivity index (χ2n) is 5.33. The molecule has 0 fully saturated rings. The highest BCUT2D eigenvalue weighted by atomic mass is 15.0. The van der Waals surface area contributed by atoms with Gasteiger partial charge < -0.3 is 9.88 Å². The summed E-state index contributed by atoms with van der Waals surface area (Å²) >= 11 is 0. The second kappa shape index (κ2) is 5.62. The number of nitrogens with one attached hydrogen (secondary N) is 1. The number of aromatic nitrogens is 1. The lowest BCUT2D eigenvalue weighted by molar-refractivity contribution is 0.601. The molecular formula is C17H22N2. The quantitative estimate of drug-likeness (QED) is 0.810. The molecule has 2 nitrogen and oxygen atoms in total. The minimum Gasteiger partial charge on any atom is -0.344 e. The van der Waals surface area contributed by atoms with Crippen LogP contribution in [0.15, 0.2) is 36.4 Å². The summed E-state index contributed by atoms with van der Waals surface area (Å²) in [6.07, 6.45) is 5.03. The SMILES string of the molecule is CNCCCn1c(-c2ccccc2)cc2c1CCC2. The van der Waals surface area contributed by atoms with E-state index < -0.39 is 0 Å². The highest BCUT2D eigenvalue weighted by molar-refractivity contribution is 5.63. The molecule has 19 heavy (non-hydrogen) atoms. The zero-order valence-corrected chi connectivity index (χ0v) is 11.7. The van der Waals surface area contributed by atoms with Gasteiger partial charge in [0.15, 0.2) is 0 Å². The van der Waals surface area contributed by atoms with Crippen LogP contribution in [-0.4, -0.2) is 18.2 Å². The van der Waals surface area contributed by atoms with Gasteiger partial charge in [0.25, 0.3) is 0 Å². The summed E-state index contributed by atoms with van der Waals surface area (Å²) in [6.45, 7) is 2.21. The molecule has 2 aromatic rings. The molecule has 0 radical (unpaired) electrons. The average molecular weight is 254 g/mol. The van der Waals surface area contributed by atoms with Crippen LogP contribution in [0.25, 0.3) is 11.3 Å². The van der Waals surface area contributed by atoms with Crippen LogP contribution >= 0.6 is 0 Å². The summed E-state index contributed by atoms with van der Waals surface area (Å²) in [5, 5.41) is 3.24. The van der Waals surface area contributed by atoms with Crippen molar-refractivity contribution in [2.75, 3.05) is 13.6 Å². The van der Waals surface area contributed by atoms with E-state index in [0.29, 0.717) is 0 Å². The maximum Gasteiger partial charge on any atom is 0.0485 e. The average Bonchev–Trinajstić information content (AvgIpc) is 3.02. The maximum atomic E-state index is 3.24. The summed E-state index contributed by atoms with van der Waals surface area (Å²) in [6, 6.07) is 13.2. The molecule has 0 spiro atoms. The van der Waals surface area contributed by atoms with E-state index in [0.717, 1.165) is 13.1 Å². The first-order chi connectivity index (χ1) is 9.40. The molecule has 0 saturated heterocycles. The van der Waals surface area contributed by atoms with Crippen molar-refractivity contribution in [3.05, 3.63) is 47.7 Å². The van der Waals surface area contributed by atoms with Crippen LogP contribution < -0.4 is 5.32 Å². The van der Waals surface area contributed by atoms with E-state index in [9.17, 15) is 0 Å². The van der Waals surface area contributed by atoms with Gasteiger partial charge in [-0.15, -0.1) is 0 Å². The topological polar surface area (TPSA) is 17.0 Å². The molecule has 1 aromatic heterocycles. The van der Waals surface area contributed by atoms with Crippen molar-refractivity contribution in [2.45, 2.75) is 32.2 Å². The second-order valence-corrected chi connectivity index (χ2v) is 5.33. The smallest absolute Gasteiger partial charge is 0.0485 e. The highest BCUT2D eigenvalue weighted by Gasteiger charge is 2.19. The van der Waals surface area contributed by atoms with E-state index in [4.69, 9.17) is 0 Å². The van der Waals surface area contributed by atoms with E-state index in [1.807, 2.05) is 7.05 Å². The molecule has 3 rings (SSSR count). The molecular weight excluding hydrogens is 232 g/mol. The molecule has 0 unspecified atom stereocenters. The molecule has 1 aliphatic carbocycles. The first kappa shape index (κ1) is 12.5. The molecule has 1 heterocycles. The minimum atomic E-state index is 1.08. The fourth-order valence-electron chi connectivity index (χ4n) is 3.12. The van der Waals surface area contributed by atoms with E-state index in [2.05, 4.69) is 46.3 Å². The summed E-state index contributed by atoms with van der Waals surface area (Å²) in [7, 11) is 2.03. The van der Waals surface area contributed by atoms with Crippen molar-refractivity contribution >= 4 is 0 Å². The van der Waals surface area contributed by atoms with Crippen LogP contribution in [0.2, 0.25) is 0 Å². The Morgan fingerprint density at radius 1 is 1.16 bits per heavy atom. The van der Waals surface area contributed by atoms with Gasteiger partial charge in [0, 0.05) is 17.9 Å². The Balaban J connectivity index is 1.95. The standard InChI is InChI=1S/C17H22N2/c1-18-11-6-12-19-16-10-5-9-15(16)13-17(19)14-7-3-2-4-8-14/h2-4,7-8,13,18H,5-6,9-12H2,1H3. The van der Waals surface area contributed by atoms with Crippen LogP contribution in [0.3, 0.4) is 0 Å². The molecule has 2 heteroatoms. The molecule has 0 aliphatic heterocycles. The van der Waals surface area contributed by atoms with Gasteiger partial charge in [0.1, 0.15) is 0 Å². The van der Waals surface area contributed by atoms with Crippen molar-refractivity contribution in [1.82, 2.24) is 9.88 Å². The molecule has 0 bridgehead atoms. The minimum absolute atomic E-state index is 1.08. The summed E-state index contributed by atoms with van der Waals surface area (Å²) in [4.78, 5) is 0. The fourth-order valence-corrected chi connectivity index (χ4v) is 3.12. The van der Waals surface area contributed by atoms with Crippen molar-refractivity contribution in [1.29, 1.82) is 0 Å². The van der Waals surface area contributed by atoms with E-state index in [1.165, 1.54) is 36.9 Å². The third kappa shape index (κ3) is 2.45. The Hall–Kier alpha value is -1.54. The van der Waals surface area contributed by atoms with Gasteiger partial charge in [-0.05, 0) is 56.5 Å². The van der Waals surface area contributed by atoms with Gasteiger partial charge in [0.05, 0.1) is 0 Å². The largest absolute Gasteiger partial charge is 0.344 e. The fraction of sp³-hybridized carbons (Fsp3) is 0.412. The van der Waals surface area contributed by atoms with Gasteiger partial charge in [-0.1, -0.05) is 30.3 Å². The molecule has 1 aliphatic rings. The zero-order chi connectivity index (χ0) is 13.1. The predicted molar refractivity (Wildman–Crippen MR) is 80.4 cm³/mol. The third-order valence-corrected chi connectivity index (χ3v) is 4.04. The van der Waals surface area contributed by atoms with E-state index in [1.54, 1.807) is 11.3 Å². The van der Waals surface area contributed by atoms with Crippen molar-refractivity contribution < 1.29 is 0 Å². The monoisotopic (exact) mass is 254 g/mol. The zero-order valence-electron chi connectivity index (χ0n) is 11.7. The Kier molecular flexibility index (Phi) is 3.69. The molecule has 1 N–H and O–H groups in total. The normalized spacial score (nSPS) is 13.7. The predicted octanol–water partition coefficient (Wildman–Crippen LogP) is 3.25. The lowest BCUT2D eigenvalue weighted by Gasteiger charge is -2.13. The Bertz CT molecular complexity index is 540. The Morgan fingerprint density at radius 2 is 2.00 bits per heavy atom. The first-order valence-electron chi connectivity index (χ1n) is 7.31. The maximum absolute atomic E-state index is 3.24. The number of aryl methyl sites for hydroxylation is 1. The van der Waals surface area contributed by atoms with Crippen molar-refractivity contribution in [2.24, 2.45) is 0 Å². The van der Waals surface area contributed by atoms with Gasteiger partial charge in [-0.3, -0.25) is 0 Å².